The van der Waals surface area contributed by atoms with Gasteiger partial charge in [0, 0.05) is 5.54 Å². The minimum Gasteiger partial charge on any atom is -0.325 e. The Kier molecular flexibility index (Phi) is 1.54. The summed E-state index contributed by atoms with van der Waals surface area (Å²) < 4.78 is 0. The van der Waals surface area contributed by atoms with Crippen LogP contribution in [0.2, 0.25) is 0 Å². The maximum Gasteiger partial charge on any atom is 0.0212 e. The van der Waals surface area contributed by atoms with Gasteiger partial charge in [-0.25, -0.2) is 0 Å². The Bertz CT molecular complexity index is 166. The molecule has 64 valence electrons. The van der Waals surface area contributed by atoms with Crippen molar-refractivity contribution in [2.24, 2.45) is 23.5 Å². The third-order valence-electron chi connectivity index (χ3n) is 3.87. The highest BCUT2D eigenvalue weighted by Gasteiger charge is 2.53. The van der Waals surface area contributed by atoms with E-state index in [-0.39, 0.29) is 5.54 Å². The van der Waals surface area contributed by atoms with Gasteiger partial charge in [-0.1, -0.05) is 20.3 Å². The van der Waals surface area contributed by atoms with E-state index in [0.29, 0.717) is 0 Å². The average Bonchev–Trinajstić information content (AvgIpc) is 2.44. The minimum absolute atomic E-state index is 0.269. The molecule has 2 N–H and O–H groups in total. The van der Waals surface area contributed by atoms with E-state index in [1.807, 2.05) is 0 Å². The summed E-state index contributed by atoms with van der Waals surface area (Å²) in [6.45, 7) is 4.65. The van der Waals surface area contributed by atoms with Gasteiger partial charge in [-0.3, -0.25) is 0 Å². The maximum atomic E-state index is 6.26. The van der Waals surface area contributed by atoms with Crippen LogP contribution in [-0.4, -0.2) is 5.54 Å². The predicted molar refractivity (Wildman–Crippen MR) is 47.2 cm³/mol. The highest BCUT2D eigenvalue weighted by Crippen LogP contribution is 2.52. The molecule has 0 heterocycles. The fraction of sp³-hybridized carbons (Fsp3) is 1.00. The molecule has 2 aliphatic carbocycles. The van der Waals surface area contributed by atoms with Crippen molar-refractivity contribution in [1.29, 1.82) is 0 Å². The van der Waals surface area contributed by atoms with Crippen molar-refractivity contribution >= 4 is 0 Å². The van der Waals surface area contributed by atoms with Crippen LogP contribution in [0.25, 0.3) is 0 Å². The van der Waals surface area contributed by atoms with Crippen LogP contribution in [0.15, 0.2) is 0 Å². The molecule has 0 aromatic heterocycles. The number of hydrogen-bond acceptors (Lipinski definition) is 1. The van der Waals surface area contributed by atoms with Crippen LogP contribution in [0, 0.1) is 17.8 Å². The molecule has 0 radical (unpaired) electrons. The Hall–Kier alpha value is -0.0400. The molecule has 11 heavy (non-hydrogen) atoms. The lowest BCUT2D eigenvalue weighted by Crippen LogP contribution is -2.32. The first-order chi connectivity index (χ1) is 5.13. The summed E-state index contributed by atoms with van der Waals surface area (Å²) in [6.07, 6.45) is 5.48. The molecule has 1 nitrogen and oxygen atoms in total. The molecule has 2 fully saturated rings. The lowest BCUT2D eigenvalue weighted by atomic mass is 9.94. The average molecular weight is 153 g/mol. The molecule has 4 atom stereocenters. The van der Waals surface area contributed by atoms with Gasteiger partial charge in [-0.15, -0.1) is 0 Å². The van der Waals surface area contributed by atoms with Crippen LogP contribution >= 0.6 is 0 Å². The van der Waals surface area contributed by atoms with Gasteiger partial charge in [0.15, 0.2) is 0 Å². The maximum absolute atomic E-state index is 6.26. The van der Waals surface area contributed by atoms with Crippen molar-refractivity contribution in [1.82, 2.24) is 0 Å². The van der Waals surface area contributed by atoms with Crippen molar-refractivity contribution in [3.05, 3.63) is 0 Å². The Morgan fingerprint density at radius 2 is 1.91 bits per heavy atom. The number of nitrogens with two attached hydrogens (primary N) is 1. The van der Waals surface area contributed by atoms with Gasteiger partial charge in [0.1, 0.15) is 0 Å². The van der Waals surface area contributed by atoms with Crippen molar-refractivity contribution in [3.63, 3.8) is 0 Å². The predicted octanol–water partition coefficient (Wildman–Crippen LogP) is 2.16. The van der Waals surface area contributed by atoms with Crippen LogP contribution in [0.5, 0.6) is 0 Å². The first-order valence-corrected chi connectivity index (χ1v) is 4.92. The highest BCUT2D eigenvalue weighted by atomic mass is 14.9. The first kappa shape index (κ1) is 7.60. The fourth-order valence-corrected chi connectivity index (χ4v) is 2.74. The van der Waals surface area contributed by atoms with Gasteiger partial charge in [-0.2, -0.15) is 0 Å². The molecule has 0 spiro atoms. The molecular weight excluding hydrogens is 134 g/mol. The second-order valence-electron chi connectivity index (χ2n) is 4.83. The van der Waals surface area contributed by atoms with Crippen molar-refractivity contribution < 1.29 is 0 Å². The summed E-state index contributed by atoms with van der Waals surface area (Å²) in [7, 11) is 0. The molecule has 2 saturated carbocycles. The summed E-state index contributed by atoms with van der Waals surface area (Å²) in [5, 5.41) is 0. The molecular formula is C10H19N. The van der Waals surface area contributed by atoms with Gasteiger partial charge >= 0.3 is 0 Å². The van der Waals surface area contributed by atoms with Crippen molar-refractivity contribution in [2.75, 3.05) is 0 Å². The monoisotopic (exact) mass is 153 g/mol. The Labute approximate surface area is 69.4 Å². The molecule has 0 amide bonds. The lowest BCUT2D eigenvalue weighted by molar-refractivity contribution is 0.380. The molecule has 0 bridgehead atoms. The number of hydrogen-bond donors (Lipinski definition) is 1. The summed E-state index contributed by atoms with van der Waals surface area (Å²) in [5.74, 6) is 2.60. The van der Waals surface area contributed by atoms with E-state index in [1.165, 1.54) is 25.7 Å². The van der Waals surface area contributed by atoms with Crippen LogP contribution in [0.1, 0.15) is 39.5 Å². The summed E-state index contributed by atoms with van der Waals surface area (Å²) in [4.78, 5) is 0. The SMILES string of the molecule is CC1CCC(C2(N)CC2C)C1. The van der Waals surface area contributed by atoms with Crippen LogP contribution < -0.4 is 5.73 Å². The summed E-state index contributed by atoms with van der Waals surface area (Å²) in [6, 6.07) is 0. The van der Waals surface area contributed by atoms with E-state index in [0.717, 1.165) is 17.8 Å². The highest BCUT2D eigenvalue weighted by molar-refractivity contribution is 5.10. The quantitative estimate of drug-likeness (QED) is 0.614. The largest absolute Gasteiger partial charge is 0.325 e. The van der Waals surface area contributed by atoms with Crippen LogP contribution in [0.4, 0.5) is 0 Å². The second-order valence-corrected chi connectivity index (χ2v) is 4.83. The summed E-state index contributed by atoms with van der Waals surface area (Å²) >= 11 is 0. The smallest absolute Gasteiger partial charge is 0.0212 e. The van der Waals surface area contributed by atoms with Gasteiger partial charge < -0.3 is 5.73 Å². The van der Waals surface area contributed by atoms with Gasteiger partial charge in [0.2, 0.25) is 0 Å². The van der Waals surface area contributed by atoms with E-state index in [9.17, 15) is 0 Å². The molecule has 0 saturated heterocycles. The zero-order chi connectivity index (χ0) is 8.06. The van der Waals surface area contributed by atoms with E-state index in [2.05, 4.69) is 13.8 Å². The van der Waals surface area contributed by atoms with Crippen LogP contribution in [0.3, 0.4) is 0 Å². The van der Waals surface area contributed by atoms with E-state index in [1.54, 1.807) is 0 Å². The van der Waals surface area contributed by atoms with Crippen LogP contribution in [-0.2, 0) is 0 Å². The normalized spacial score (nSPS) is 56.5. The topological polar surface area (TPSA) is 26.0 Å². The van der Waals surface area contributed by atoms with Gasteiger partial charge in [-0.05, 0) is 37.0 Å². The first-order valence-electron chi connectivity index (χ1n) is 4.92. The summed E-state index contributed by atoms with van der Waals surface area (Å²) in [5.41, 5.74) is 6.53. The van der Waals surface area contributed by atoms with E-state index < -0.39 is 0 Å². The van der Waals surface area contributed by atoms with Gasteiger partial charge in [0.05, 0.1) is 0 Å². The third kappa shape index (κ3) is 1.10. The van der Waals surface area contributed by atoms with E-state index in [4.69, 9.17) is 5.73 Å². The molecule has 4 unspecified atom stereocenters. The number of rotatable bonds is 1. The van der Waals surface area contributed by atoms with Crippen molar-refractivity contribution in [2.45, 2.75) is 45.1 Å². The lowest BCUT2D eigenvalue weighted by Gasteiger charge is -2.18. The Morgan fingerprint density at radius 1 is 1.27 bits per heavy atom. The van der Waals surface area contributed by atoms with Crippen molar-refractivity contribution in [3.8, 4) is 0 Å². The fourth-order valence-electron chi connectivity index (χ4n) is 2.74. The standard InChI is InChI=1S/C10H19N/c1-7-3-4-9(5-7)10(11)6-8(10)2/h7-9H,3-6,11H2,1-2H3. The molecule has 2 rings (SSSR count). The minimum atomic E-state index is 0.269. The zero-order valence-corrected chi connectivity index (χ0v) is 7.64. The third-order valence-corrected chi connectivity index (χ3v) is 3.87. The molecule has 0 aromatic carbocycles. The second kappa shape index (κ2) is 2.22. The molecule has 0 aromatic rings. The Morgan fingerprint density at radius 3 is 2.27 bits per heavy atom. The molecule has 1 heteroatoms. The Balaban J connectivity index is 1.97. The van der Waals surface area contributed by atoms with E-state index >= 15 is 0 Å². The van der Waals surface area contributed by atoms with Gasteiger partial charge in [0.25, 0.3) is 0 Å². The molecule has 0 aliphatic heterocycles. The zero-order valence-electron chi connectivity index (χ0n) is 7.64. The molecule has 2 aliphatic rings.